The monoisotopic (exact) mass is 481 g/mol. The van der Waals surface area contributed by atoms with Crippen LogP contribution in [0.2, 0.25) is 0 Å². The van der Waals surface area contributed by atoms with Gasteiger partial charge in [-0.1, -0.05) is 36.4 Å². The predicted molar refractivity (Wildman–Crippen MR) is 137 cm³/mol. The number of anilines is 2. The number of nitrogens with one attached hydrogen (secondary N) is 1. The lowest BCUT2D eigenvalue weighted by molar-refractivity contribution is 0.0657. The molecular formula is C26H27N9O. The van der Waals surface area contributed by atoms with Gasteiger partial charge in [0.1, 0.15) is 40.9 Å². The Kier molecular flexibility index (Phi) is 6.23. The van der Waals surface area contributed by atoms with Crippen molar-refractivity contribution in [3.05, 3.63) is 71.8 Å². The second-order valence-electron chi connectivity index (χ2n) is 8.87. The molecule has 1 aliphatic heterocycles. The lowest BCUT2D eigenvalue weighted by atomic mass is 10.1. The van der Waals surface area contributed by atoms with Gasteiger partial charge in [0.25, 0.3) is 5.91 Å². The number of carbonyl (C=O) groups excluding carboxylic acids is 1. The Bertz CT molecular complexity index is 1450. The van der Waals surface area contributed by atoms with Crippen molar-refractivity contribution in [2.24, 2.45) is 0 Å². The number of fused-ring (bicyclic) bond motifs is 1. The number of likely N-dealkylation sites (N-methyl/N-ethyl adjacent to an activating group) is 1. The van der Waals surface area contributed by atoms with E-state index >= 15 is 0 Å². The van der Waals surface area contributed by atoms with Crippen molar-refractivity contribution >= 4 is 23.2 Å². The van der Waals surface area contributed by atoms with Crippen molar-refractivity contribution in [1.29, 1.82) is 5.26 Å². The molecule has 1 atom stereocenters. The van der Waals surface area contributed by atoms with E-state index in [2.05, 4.69) is 33.3 Å². The molecule has 1 aliphatic rings. The maximum Gasteiger partial charge on any atom is 0.270 e. The van der Waals surface area contributed by atoms with Crippen LogP contribution < -0.4 is 11.1 Å². The van der Waals surface area contributed by atoms with Gasteiger partial charge in [-0.2, -0.15) is 5.26 Å². The van der Waals surface area contributed by atoms with Crippen molar-refractivity contribution in [3.63, 3.8) is 0 Å². The molecule has 1 amide bonds. The van der Waals surface area contributed by atoms with Crippen molar-refractivity contribution in [2.45, 2.75) is 13.0 Å². The van der Waals surface area contributed by atoms with E-state index in [1.807, 2.05) is 64.8 Å². The molecular weight excluding hydrogens is 454 g/mol. The van der Waals surface area contributed by atoms with Gasteiger partial charge in [-0.25, -0.2) is 15.0 Å². The highest BCUT2D eigenvalue weighted by Gasteiger charge is 2.27. The Hall–Kier alpha value is -4.49. The summed E-state index contributed by atoms with van der Waals surface area (Å²) in [5.74, 6) is 0.425. The molecule has 4 heterocycles. The summed E-state index contributed by atoms with van der Waals surface area (Å²) < 4.78 is 1.93. The quantitative estimate of drug-likeness (QED) is 0.445. The second-order valence-corrected chi connectivity index (χ2v) is 8.87. The summed E-state index contributed by atoms with van der Waals surface area (Å²) in [6.45, 7) is 4.98. The van der Waals surface area contributed by atoms with Crippen LogP contribution in [0, 0.1) is 11.3 Å². The Labute approximate surface area is 209 Å². The molecule has 10 heteroatoms. The van der Waals surface area contributed by atoms with Crippen LogP contribution in [0.5, 0.6) is 0 Å². The molecule has 0 bridgehead atoms. The standard InChI is InChI=1S/C26H27N9O/c1-17(31-25-19(15-27)24(28)29-16-30-25)22-23(18-7-4-3-5-8-18)35-20(9-6-10-21(35)32-22)26(36)34-13-11-33(2)12-14-34/h3-10,16-17H,11-14H2,1-2H3,(H3,28,29,30,31)/t17-/m0/s1. The summed E-state index contributed by atoms with van der Waals surface area (Å²) in [7, 11) is 2.07. The zero-order chi connectivity index (χ0) is 25.2. The number of pyridine rings is 1. The summed E-state index contributed by atoms with van der Waals surface area (Å²) in [6.07, 6.45) is 1.32. The van der Waals surface area contributed by atoms with Crippen LogP contribution in [0.1, 0.15) is 34.7 Å². The van der Waals surface area contributed by atoms with Gasteiger partial charge >= 0.3 is 0 Å². The number of benzene rings is 1. The SMILES string of the molecule is C[C@H](Nc1ncnc(N)c1C#N)c1nc2cccc(C(=O)N3CCN(C)CC3)n2c1-c1ccccc1. The summed E-state index contributed by atoms with van der Waals surface area (Å²) in [6, 6.07) is 17.2. The van der Waals surface area contributed by atoms with Crippen molar-refractivity contribution < 1.29 is 4.79 Å². The Balaban J connectivity index is 1.63. The van der Waals surface area contributed by atoms with Crippen molar-refractivity contribution in [3.8, 4) is 17.3 Å². The average Bonchev–Trinajstić information content (AvgIpc) is 3.29. The molecule has 4 aromatic rings. The number of nitrogen functional groups attached to an aromatic ring is 1. The molecule has 0 aliphatic carbocycles. The number of piperazine rings is 1. The lowest BCUT2D eigenvalue weighted by Gasteiger charge is -2.32. The van der Waals surface area contributed by atoms with Crippen molar-refractivity contribution in [1.82, 2.24) is 29.2 Å². The van der Waals surface area contributed by atoms with Gasteiger partial charge in [0.15, 0.2) is 0 Å². The predicted octanol–water partition coefficient (Wildman–Crippen LogP) is 2.81. The topological polar surface area (TPSA) is 128 Å². The van der Waals surface area contributed by atoms with Crippen LogP contribution >= 0.6 is 0 Å². The smallest absolute Gasteiger partial charge is 0.270 e. The Morgan fingerprint density at radius 2 is 1.83 bits per heavy atom. The molecule has 0 radical (unpaired) electrons. The van der Waals surface area contributed by atoms with E-state index in [-0.39, 0.29) is 23.3 Å². The molecule has 36 heavy (non-hydrogen) atoms. The highest BCUT2D eigenvalue weighted by atomic mass is 16.2. The van der Waals surface area contributed by atoms with Crippen LogP contribution in [0.4, 0.5) is 11.6 Å². The average molecular weight is 482 g/mol. The second kappa shape index (κ2) is 9.64. The molecule has 0 unspecified atom stereocenters. The number of imidazole rings is 1. The van der Waals surface area contributed by atoms with Crippen LogP contribution in [0.15, 0.2) is 54.9 Å². The number of nitriles is 1. The van der Waals surface area contributed by atoms with E-state index in [9.17, 15) is 10.1 Å². The number of nitrogens with zero attached hydrogens (tertiary/aromatic N) is 7. The number of aromatic nitrogens is 4. The molecule has 0 spiro atoms. The molecule has 182 valence electrons. The van der Waals surface area contributed by atoms with Crippen LogP contribution in [0.3, 0.4) is 0 Å². The molecule has 0 saturated carbocycles. The largest absolute Gasteiger partial charge is 0.382 e. The number of amides is 1. The number of hydrogen-bond donors (Lipinski definition) is 2. The van der Waals surface area contributed by atoms with Crippen LogP contribution in [0.25, 0.3) is 16.9 Å². The summed E-state index contributed by atoms with van der Waals surface area (Å²) in [4.78, 5) is 30.8. The van der Waals surface area contributed by atoms with E-state index < -0.39 is 0 Å². The lowest BCUT2D eigenvalue weighted by Crippen LogP contribution is -2.47. The molecule has 3 aromatic heterocycles. The Morgan fingerprint density at radius 3 is 2.56 bits per heavy atom. The van der Waals surface area contributed by atoms with Crippen LogP contribution in [-0.2, 0) is 0 Å². The normalized spacial score (nSPS) is 15.0. The first-order valence-corrected chi connectivity index (χ1v) is 11.8. The van der Waals surface area contributed by atoms with E-state index in [0.717, 1.165) is 30.0 Å². The van der Waals surface area contributed by atoms with Crippen LogP contribution in [-0.4, -0.2) is 68.3 Å². The minimum atomic E-state index is -0.354. The summed E-state index contributed by atoms with van der Waals surface area (Å²) in [5.41, 5.74) is 9.75. The molecule has 1 aromatic carbocycles. The van der Waals surface area contributed by atoms with Gasteiger partial charge in [0.05, 0.1) is 17.4 Å². The fourth-order valence-electron chi connectivity index (χ4n) is 4.52. The fraction of sp³-hybridized carbons (Fsp3) is 0.269. The third-order valence-electron chi connectivity index (χ3n) is 6.48. The third kappa shape index (κ3) is 4.21. The molecule has 3 N–H and O–H groups in total. The fourth-order valence-corrected chi connectivity index (χ4v) is 4.52. The van der Waals surface area contributed by atoms with Gasteiger partial charge in [-0.05, 0) is 26.1 Å². The molecule has 1 fully saturated rings. The van der Waals surface area contributed by atoms with E-state index in [4.69, 9.17) is 10.7 Å². The number of carbonyl (C=O) groups is 1. The minimum absolute atomic E-state index is 0.0224. The zero-order valence-corrected chi connectivity index (χ0v) is 20.2. The first-order chi connectivity index (χ1) is 17.5. The Morgan fingerprint density at radius 1 is 1.08 bits per heavy atom. The van der Waals surface area contributed by atoms with Crippen molar-refractivity contribution in [2.75, 3.05) is 44.3 Å². The number of nitrogens with two attached hydrogens (primary N) is 1. The highest BCUT2D eigenvalue weighted by molar-refractivity contribution is 5.94. The summed E-state index contributed by atoms with van der Waals surface area (Å²) >= 11 is 0. The maximum atomic E-state index is 13.7. The van der Waals surface area contributed by atoms with E-state index in [0.29, 0.717) is 30.2 Å². The first-order valence-electron chi connectivity index (χ1n) is 11.8. The van der Waals surface area contributed by atoms with Gasteiger partial charge in [-0.3, -0.25) is 9.20 Å². The zero-order valence-electron chi connectivity index (χ0n) is 20.2. The number of hydrogen-bond acceptors (Lipinski definition) is 8. The van der Waals surface area contributed by atoms with E-state index in [1.54, 1.807) is 0 Å². The maximum absolute atomic E-state index is 13.7. The minimum Gasteiger partial charge on any atom is -0.382 e. The van der Waals surface area contributed by atoms with Gasteiger partial charge in [-0.15, -0.1) is 0 Å². The van der Waals surface area contributed by atoms with Gasteiger partial charge < -0.3 is 20.9 Å². The first kappa shape index (κ1) is 23.3. The van der Waals surface area contributed by atoms with Gasteiger partial charge in [0, 0.05) is 31.7 Å². The molecule has 5 rings (SSSR count). The molecule has 10 nitrogen and oxygen atoms in total. The summed E-state index contributed by atoms with van der Waals surface area (Å²) in [5, 5.41) is 12.8. The van der Waals surface area contributed by atoms with Gasteiger partial charge in [0.2, 0.25) is 0 Å². The van der Waals surface area contributed by atoms with E-state index in [1.165, 1.54) is 6.33 Å². The molecule has 1 saturated heterocycles. The number of rotatable bonds is 5. The third-order valence-corrected chi connectivity index (χ3v) is 6.48. The highest BCUT2D eigenvalue weighted by Crippen LogP contribution is 2.33.